The summed E-state index contributed by atoms with van der Waals surface area (Å²) in [5, 5.41) is 8.94. The summed E-state index contributed by atoms with van der Waals surface area (Å²) in [5.74, 6) is -0.104. The van der Waals surface area contributed by atoms with Gasteiger partial charge in [0.1, 0.15) is 0 Å². The lowest BCUT2D eigenvalue weighted by Gasteiger charge is -2.34. The number of aromatic nitrogens is 1. The zero-order valence-corrected chi connectivity index (χ0v) is 13.5. The van der Waals surface area contributed by atoms with E-state index in [1.165, 1.54) is 0 Å². The highest BCUT2D eigenvalue weighted by Gasteiger charge is 2.25. The van der Waals surface area contributed by atoms with E-state index in [1.807, 2.05) is 23.9 Å². The first kappa shape index (κ1) is 15.8. The van der Waals surface area contributed by atoms with Crippen molar-refractivity contribution in [1.29, 1.82) is 5.26 Å². The Balaban J connectivity index is 1.63. The van der Waals surface area contributed by atoms with E-state index in [9.17, 15) is 9.59 Å². The fraction of sp³-hybridized carbons (Fsp3) is 0.278. The first-order chi connectivity index (χ1) is 11.6. The average molecular weight is 322 g/mol. The molecule has 6 heteroatoms. The van der Waals surface area contributed by atoms with Gasteiger partial charge in [0, 0.05) is 51.2 Å². The van der Waals surface area contributed by atoms with Crippen LogP contribution >= 0.6 is 0 Å². The van der Waals surface area contributed by atoms with Gasteiger partial charge in [0.2, 0.25) is 0 Å². The molecule has 0 radical (unpaired) electrons. The van der Waals surface area contributed by atoms with Crippen LogP contribution in [0.3, 0.4) is 0 Å². The number of rotatable bonds is 2. The van der Waals surface area contributed by atoms with Crippen molar-refractivity contribution >= 4 is 11.8 Å². The number of nitriles is 1. The summed E-state index contributed by atoms with van der Waals surface area (Å²) in [7, 11) is 1.88. The molecule has 2 heterocycles. The molecule has 2 aromatic rings. The van der Waals surface area contributed by atoms with Gasteiger partial charge < -0.3 is 14.4 Å². The maximum atomic E-state index is 12.5. The van der Waals surface area contributed by atoms with Gasteiger partial charge in [-0.2, -0.15) is 5.26 Å². The lowest BCUT2D eigenvalue weighted by Crippen LogP contribution is -2.50. The first-order valence-corrected chi connectivity index (χ1v) is 7.79. The van der Waals surface area contributed by atoms with Gasteiger partial charge >= 0.3 is 0 Å². The molecule has 1 aliphatic heterocycles. The molecule has 122 valence electrons. The Morgan fingerprint density at radius 3 is 2.17 bits per heavy atom. The van der Waals surface area contributed by atoms with Crippen LogP contribution in [-0.2, 0) is 7.05 Å². The third-order valence-corrected chi connectivity index (χ3v) is 4.17. The number of piperazine rings is 1. The van der Waals surface area contributed by atoms with Crippen molar-refractivity contribution in [3.8, 4) is 6.07 Å². The van der Waals surface area contributed by atoms with Crippen molar-refractivity contribution in [1.82, 2.24) is 14.4 Å². The van der Waals surface area contributed by atoms with Crippen LogP contribution in [0.2, 0.25) is 0 Å². The minimum absolute atomic E-state index is 0.00539. The minimum Gasteiger partial charge on any atom is -0.356 e. The second-order valence-corrected chi connectivity index (χ2v) is 5.84. The smallest absolute Gasteiger partial charge is 0.255 e. The highest BCUT2D eigenvalue weighted by molar-refractivity contribution is 5.96. The third kappa shape index (κ3) is 3.15. The SMILES string of the molecule is Cn1ccc(C(=O)N2CCN(C(=O)c3cccc(C#N)c3)CC2)c1. The molecule has 0 N–H and O–H groups in total. The molecule has 1 fully saturated rings. The summed E-state index contributed by atoms with van der Waals surface area (Å²) in [6.07, 6.45) is 3.64. The van der Waals surface area contributed by atoms with Crippen LogP contribution in [0.1, 0.15) is 26.3 Å². The molecule has 24 heavy (non-hydrogen) atoms. The maximum absolute atomic E-state index is 12.5. The summed E-state index contributed by atoms with van der Waals surface area (Å²) >= 11 is 0. The van der Waals surface area contributed by atoms with E-state index in [1.54, 1.807) is 46.3 Å². The third-order valence-electron chi connectivity index (χ3n) is 4.17. The number of hydrogen-bond donors (Lipinski definition) is 0. The number of benzene rings is 1. The second-order valence-electron chi connectivity index (χ2n) is 5.84. The predicted molar refractivity (Wildman–Crippen MR) is 88.4 cm³/mol. The summed E-state index contributed by atoms with van der Waals surface area (Å²) < 4.78 is 1.84. The lowest BCUT2D eigenvalue weighted by molar-refractivity contribution is 0.0535. The van der Waals surface area contributed by atoms with Gasteiger partial charge in [0.25, 0.3) is 11.8 Å². The largest absolute Gasteiger partial charge is 0.356 e. The molecule has 0 atom stereocenters. The summed E-state index contributed by atoms with van der Waals surface area (Å²) in [4.78, 5) is 28.4. The molecule has 2 amide bonds. The number of nitrogens with zero attached hydrogens (tertiary/aromatic N) is 4. The Kier molecular flexibility index (Phi) is 4.34. The number of carbonyl (C=O) groups is 2. The van der Waals surface area contributed by atoms with Gasteiger partial charge in [-0.05, 0) is 24.3 Å². The zero-order chi connectivity index (χ0) is 17.1. The Morgan fingerprint density at radius 1 is 1.00 bits per heavy atom. The normalized spacial score (nSPS) is 14.3. The number of carbonyl (C=O) groups excluding carboxylic acids is 2. The molecule has 1 aromatic carbocycles. The van der Waals surface area contributed by atoms with Crippen molar-refractivity contribution in [2.24, 2.45) is 7.05 Å². The van der Waals surface area contributed by atoms with Crippen LogP contribution in [0.4, 0.5) is 0 Å². The van der Waals surface area contributed by atoms with Crippen molar-refractivity contribution in [3.63, 3.8) is 0 Å². The topological polar surface area (TPSA) is 69.3 Å². The van der Waals surface area contributed by atoms with Gasteiger partial charge in [-0.1, -0.05) is 6.07 Å². The summed E-state index contributed by atoms with van der Waals surface area (Å²) in [6, 6.07) is 10.5. The molecule has 0 aliphatic carbocycles. The van der Waals surface area contributed by atoms with Crippen LogP contribution in [0.25, 0.3) is 0 Å². The van der Waals surface area contributed by atoms with Crippen LogP contribution < -0.4 is 0 Å². The van der Waals surface area contributed by atoms with Gasteiger partial charge in [0.05, 0.1) is 17.2 Å². The van der Waals surface area contributed by atoms with Crippen molar-refractivity contribution in [2.45, 2.75) is 0 Å². The number of hydrogen-bond acceptors (Lipinski definition) is 3. The van der Waals surface area contributed by atoms with Crippen molar-refractivity contribution < 1.29 is 9.59 Å². The van der Waals surface area contributed by atoms with E-state index in [4.69, 9.17) is 5.26 Å². The van der Waals surface area contributed by atoms with Gasteiger partial charge in [0.15, 0.2) is 0 Å². The van der Waals surface area contributed by atoms with Crippen LogP contribution in [0, 0.1) is 11.3 Å². The van der Waals surface area contributed by atoms with E-state index in [0.717, 1.165) is 0 Å². The Bertz CT molecular complexity index is 810. The van der Waals surface area contributed by atoms with E-state index < -0.39 is 0 Å². The van der Waals surface area contributed by atoms with Gasteiger partial charge in [-0.25, -0.2) is 0 Å². The molecule has 0 spiro atoms. The van der Waals surface area contributed by atoms with Crippen LogP contribution in [-0.4, -0.2) is 52.4 Å². The monoisotopic (exact) mass is 322 g/mol. The molecule has 0 saturated carbocycles. The molecule has 0 unspecified atom stereocenters. The molecule has 0 bridgehead atoms. The summed E-state index contributed by atoms with van der Waals surface area (Å²) in [6.45, 7) is 2.01. The molecular formula is C18H18N4O2. The highest BCUT2D eigenvalue weighted by atomic mass is 16.2. The summed E-state index contributed by atoms with van der Waals surface area (Å²) in [5.41, 5.74) is 1.65. The van der Waals surface area contributed by atoms with Crippen molar-refractivity contribution in [2.75, 3.05) is 26.2 Å². The van der Waals surface area contributed by atoms with E-state index in [-0.39, 0.29) is 11.8 Å². The molecule has 3 rings (SSSR count). The van der Waals surface area contributed by atoms with E-state index in [0.29, 0.717) is 42.9 Å². The highest BCUT2D eigenvalue weighted by Crippen LogP contribution is 2.13. The standard InChI is InChI=1S/C18H18N4O2/c1-20-6-5-16(13-20)18(24)22-9-7-21(8-10-22)17(23)15-4-2-3-14(11-15)12-19/h2-6,11,13H,7-10H2,1H3. The zero-order valence-electron chi connectivity index (χ0n) is 13.5. The van der Waals surface area contributed by atoms with E-state index >= 15 is 0 Å². The Labute approximate surface area is 140 Å². The average Bonchev–Trinajstić information content (AvgIpc) is 3.07. The van der Waals surface area contributed by atoms with Gasteiger partial charge in [-0.15, -0.1) is 0 Å². The molecule has 1 saturated heterocycles. The Morgan fingerprint density at radius 2 is 1.62 bits per heavy atom. The first-order valence-electron chi connectivity index (χ1n) is 7.79. The molecule has 6 nitrogen and oxygen atoms in total. The quantitative estimate of drug-likeness (QED) is 0.841. The fourth-order valence-electron chi connectivity index (χ4n) is 2.83. The number of amides is 2. The van der Waals surface area contributed by atoms with E-state index in [2.05, 4.69) is 0 Å². The predicted octanol–water partition coefficient (Wildman–Crippen LogP) is 1.49. The lowest BCUT2D eigenvalue weighted by atomic mass is 10.1. The minimum atomic E-state index is -0.0982. The van der Waals surface area contributed by atoms with Crippen LogP contribution in [0.5, 0.6) is 0 Å². The molecular weight excluding hydrogens is 304 g/mol. The second kappa shape index (κ2) is 6.59. The maximum Gasteiger partial charge on any atom is 0.255 e. The van der Waals surface area contributed by atoms with Crippen molar-refractivity contribution in [3.05, 3.63) is 59.4 Å². The molecule has 1 aromatic heterocycles. The Hall–Kier alpha value is -3.07. The number of aryl methyl sites for hydroxylation is 1. The fourth-order valence-corrected chi connectivity index (χ4v) is 2.83. The van der Waals surface area contributed by atoms with Crippen LogP contribution in [0.15, 0.2) is 42.7 Å². The van der Waals surface area contributed by atoms with Gasteiger partial charge in [-0.3, -0.25) is 9.59 Å². The molecule has 1 aliphatic rings.